The van der Waals surface area contributed by atoms with Crippen molar-refractivity contribution in [1.82, 2.24) is 4.98 Å². The van der Waals surface area contributed by atoms with Crippen molar-refractivity contribution in [1.29, 1.82) is 0 Å². The van der Waals surface area contributed by atoms with Crippen LogP contribution in [0.4, 0.5) is 5.69 Å². The lowest BCUT2D eigenvalue weighted by atomic mass is 10.1. The summed E-state index contributed by atoms with van der Waals surface area (Å²) in [5, 5.41) is 3.96. The lowest BCUT2D eigenvalue weighted by Crippen LogP contribution is -2.07. The first-order valence-corrected chi connectivity index (χ1v) is 6.87. The molecule has 0 saturated carbocycles. The standard InChI is InChI=1S/C14H14BrClN2/c1-9-6-13(8-17-14(9)16)18-10(2)11-4-3-5-12(15)7-11/h3-8,10,18H,1-2H3. The molecule has 1 atom stereocenters. The van der Waals surface area contributed by atoms with E-state index >= 15 is 0 Å². The summed E-state index contributed by atoms with van der Waals surface area (Å²) in [5.41, 5.74) is 3.17. The molecule has 4 heteroatoms. The zero-order chi connectivity index (χ0) is 13.1. The average molecular weight is 326 g/mol. The molecular weight excluding hydrogens is 312 g/mol. The highest BCUT2D eigenvalue weighted by Gasteiger charge is 2.06. The van der Waals surface area contributed by atoms with Gasteiger partial charge in [0.1, 0.15) is 5.15 Å². The van der Waals surface area contributed by atoms with Gasteiger partial charge < -0.3 is 5.32 Å². The highest BCUT2D eigenvalue weighted by atomic mass is 79.9. The molecule has 0 fully saturated rings. The first-order valence-electron chi connectivity index (χ1n) is 5.70. The van der Waals surface area contributed by atoms with Gasteiger partial charge in [0.2, 0.25) is 0 Å². The van der Waals surface area contributed by atoms with Crippen molar-refractivity contribution in [3.05, 3.63) is 57.3 Å². The maximum absolute atomic E-state index is 5.91. The number of hydrogen-bond acceptors (Lipinski definition) is 2. The van der Waals surface area contributed by atoms with Crippen molar-refractivity contribution >= 4 is 33.2 Å². The van der Waals surface area contributed by atoms with E-state index in [-0.39, 0.29) is 6.04 Å². The molecule has 2 aromatic rings. The number of hydrogen-bond donors (Lipinski definition) is 1. The molecule has 0 spiro atoms. The third-order valence-electron chi connectivity index (χ3n) is 2.75. The molecule has 0 aliphatic rings. The molecule has 0 radical (unpaired) electrons. The summed E-state index contributed by atoms with van der Waals surface area (Å²) in [4.78, 5) is 4.14. The van der Waals surface area contributed by atoms with Crippen molar-refractivity contribution in [3.63, 3.8) is 0 Å². The van der Waals surface area contributed by atoms with Crippen molar-refractivity contribution in [2.75, 3.05) is 5.32 Å². The Morgan fingerprint density at radius 2 is 2.11 bits per heavy atom. The van der Waals surface area contributed by atoms with Crippen LogP contribution in [0, 0.1) is 6.92 Å². The Bertz CT molecular complexity index is 557. The SMILES string of the molecule is Cc1cc(NC(C)c2cccc(Br)c2)cnc1Cl. The lowest BCUT2D eigenvalue weighted by Gasteiger charge is -2.16. The molecule has 1 N–H and O–H groups in total. The van der Waals surface area contributed by atoms with E-state index in [1.54, 1.807) is 6.20 Å². The van der Waals surface area contributed by atoms with Crippen LogP contribution in [0.1, 0.15) is 24.1 Å². The Morgan fingerprint density at radius 3 is 2.78 bits per heavy atom. The summed E-state index contributed by atoms with van der Waals surface area (Å²) in [6.07, 6.45) is 1.75. The van der Waals surface area contributed by atoms with Gasteiger partial charge in [0.05, 0.1) is 11.9 Å². The summed E-state index contributed by atoms with van der Waals surface area (Å²) in [6, 6.07) is 10.5. The van der Waals surface area contributed by atoms with Crippen molar-refractivity contribution in [2.45, 2.75) is 19.9 Å². The van der Waals surface area contributed by atoms with Crippen LogP contribution in [-0.2, 0) is 0 Å². The van der Waals surface area contributed by atoms with E-state index in [9.17, 15) is 0 Å². The highest BCUT2D eigenvalue weighted by molar-refractivity contribution is 9.10. The van der Waals surface area contributed by atoms with E-state index in [1.165, 1.54) is 5.56 Å². The van der Waals surface area contributed by atoms with Crippen molar-refractivity contribution < 1.29 is 0 Å². The molecule has 0 bridgehead atoms. The number of nitrogens with one attached hydrogen (secondary N) is 1. The topological polar surface area (TPSA) is 24.9 Å². The predicted octanol–water partition coefficient (Wildman–Crippen LogP) is 4.98. The van der Waals surface area contributed by atoms with Crippen molar-refractivity contribution in [3.8, 4) is 0 Å². The Morgan fingerprint density at radius 1 is 1.33 bits per heavy atom. The Kier molecular flexibility index (Phi) is 4.25. The van der Waals surface area contributed by atoms with Gasteiger partial charge in [-0.3, -0.25) is 0 Å². The van der Waals surface area contributed by atoms with E-state index in [1.807, 2.05) is 25.1 Å². The molecule has 0 saturated heterocycles. The first kappa shape index (κ1) is 13.4. The van der Waals surface area contributed by atoms with Gasteiger partial charge in [-0.15, -0.1) is 0 Å². The van der Waals surface area contributed by atoms with Gasteiger partial charge in [0.25, 0.3) is 0 Å². The Balaban J connectivity index is 2.16. The van der Waals surface area contributed by atoms with Crippen LogP contribution >= 0.6 is 27.5 Å². The van der Waals surface area contributed by atoms with Crippen LogP contribution in [0.15, 0.2) is 41.0 Å². The molecule has 1 aromatic carbocycles. The fraction of sp³-hybridized carbons (Fsp3) is 0.214. The molecule has 18 heavy (non-hydrogen) atoms. The third-order valence-corrected chi connectivity index (χ3v) is 3.64. The van der Waals surface area contributed by atoms with Gasteiger partial charge in [0.15, 0.2) is 0 Å². The van der Waals surface area contributed by atoms with Gasteiger partial charge >= 0.3 is 0 Å². The molecule has 94 valence electrons. The van der Waals surface area contributed by atoms with E-state index < -0.39 is 0 Å². The van der Waals surface area contributed by atoms with Gasteiger partial charge in [-0.25, -0.2) is 4.98 Å². The highest BCUT2D eigenvalue weighted by Crippen LogP contribution is 2.23. The zero-order valence-electron chi connectivity index (χ0n) is 10.2. The maximum Gasteiger partial charge on any atom is 0.132 e. The van der Waals surface area contributed by atoms with E-state index in [0.29, 0.717) is 5.15 Å². The van der Waals surface area contributed by atoms with Gasteiger partial charge in [0, 0.05) is 10.5 Å². The molecule has 1 aromatic heterocycles. The largest absolute Gasteiger partial charge is 0.377 e. The van der Waals surface area contributed by atoms with Crippen LogP contribution in [0.5, 0.6) is 0 Å². The molecule has 1 heterocycles. The van der Waals surface area contributed by atoms with Crippen LogP contribution in [0.2, 0.25) is 5.15 Å². The summed E-state index contributed by atoms with van der Waals surface area (Å²) in [5.74, 6) is 0. The molecule has 2 nitrogen and oxygen atoms in total. The smallest absolute Gasteiger partial charge is 0.132 e. The fourth-order valence-corrected chi connectivity index (χ4v) is 2.27. The third kappa shape index (κ3) is 3.24. The van der Waals surface area contributed by atoms with Crippen LogP contribution in [-0.4, -0.2) is 4.98 Å². The molecule has 2 rings (SSSR count). The summed E-state index contributed by atoms with van der Waals surface area (Å²) >= 11 is 9.39. The van der Waals surface area contributed by atoms with E-state index in [2.05, 4.69) is 45.3 Å². The molecule has 0 aliphatic heterocycles. The second-order valence-corrected chi connectivity index (χ2v) is 5.53. The predicted molar refractivity (Wildman–Crippen MR) is 80.2 cm³/mol. The summed E-state index contributed by atoms with van der Waals surface area (Å²) < 4.78 is 1.08. The first-order chi connectivity index (χ1) is 8.56. The van der Waals surface area contributed by atoms with Gasteiger partial charge in [-0.1, -0.05) is 39.7 Å². The minimum absolute atomic E-state index is 0.213. The van der Waals surface area contributed by atoms with Crippen LogP contribution < -0.4 is 5.32 Å². The maximum atomic E-state index is 5.91. The number of aromatic nitrogens is 1. The van der Waals surface area contributed by atoms with Gasteiger partial charge in [-0.05, 0) is 43.2 Å². The molecular formula is C14H14BrClN2. The number of pyridine rings is 1. The van der Waals surface area contributed by atoms with Crippen LogP contribution in [0.25, 0.3) is 0 Å². The quantitative estimate of drug-likeness (QED) is 0.805. The number of nitrogens with zero attached hydrogens (tertiary/aromatic N) is 1. The average Bonchev–Trinajstić information content (AvgIpc) is 2.34. The molecule has 0 aliphatic carbocycles. The lowest BCUT2D eigenvalue weighted by molar-refractivity contribution is 0.881. The minimum Gasteiger partial charge on any atom is -0.377 e. The number of benzene rings is 1. The fourth-order valence-electron chi connectivity index (χ4n) is 1.75. The number of anilines is 1. The zero-order valence-corrected chi connectivity index (χ0v) is 12.6. The minimum atomic E-state index is 0.213. The Labute approximate surface area is 121 Å². The number of aryl methyl sites for hydroxylation is 1. The van der Waals surface area contributed by atoms with Crippen LogP contribution in [0.3, 0.4) is 0 Å². The molecule has 1 unspecified atom stereocenters. The summed E-state index contributed by atoms with van der Waals surface area (Å²) in [6.45, 7) is 4.07. The normalized spacial score (nSPS) is 12.2. The summed E-state index contributed by atoms with van der Waals surface area (Å²) in [7, 11) is 0. The number of halogens is 2. The van der Waals surface area contributed by atoms with E-state index in [0.717, 1.165) is 15.7 Å². The Hall–Kier alpha value is -1.06. The van der Waals surface area contributed by atoms with Gasteiger partial charge in [-0.2, -0.15) is 0 Å². The van der Waals surface area contributed by atoms with Crippen molar-refractivity contribution in [2.24, 2.45) is 0 Å². The molecule has 0 amide bonds. The number of rotatable bonds is 3. The van der Waals surface area contributed by atoms with E-state index in [4.69, 9.17) is 11.6 Å². The second-order valence-electron chi connectivity index (χ2n) is 4.25. The monoisotopic (exact) mass is 324 g/mol. The second kappa shape index (κ2) is 5.72.